The fraction of sp³-hybridized carbons (Fsp3) is 0.588. The van der Waals surface area contributed by atoms with E-state index < -0.39 is 5.60 Å². The normalized spacial score (nSPS) is 18.1. The van der Waals surface area contributed by atoms with Crippen molar-refractivity contribution < 1.29 is 13.9 Å². The average molecular weight is 308 g/mol. The topological polar surface area (TPSA) is 55.6 Å². The molecule has 5 heteroatoms. The standard InChI is InChI=1S/C17H25FN2O2/c1-17(2,3)22-16(21)20-9-7-12(8-10-20)15(19)13-5-4-6-14(18)11-13/h4-6,11-12,15H,7-10,19H2,1-3H3. The first-order valence-electron chi connectivity index (χ1n) is 7.75. The number of benzene rings is 1. The molecule has 1 aliphatic heterocycles. The Morgan fingerprint density at radius 2 is 2.00 bits per heavy atom. The van der Waals surface area contributed by atoms with E-state index in [2.05, 4.69) is 0 Å². The van der Waals surface area contributed by atoms with Crippen LogP contribution in [-0.4, -0.2) is 29.7 Å². The second kappa shape index (κ2) is 6.65. The lowest BCUT2D eigenvalue weighted by molar-refractivity contribution is 0.0174. The molecular weight excluding hydrogens is 283 g/mol. The monoisotopic (exact) mass is 308 g/mol. The van der Waals surface area contributed by atoms with Crippen LogP contribution in [-0.2, 0) is 4.74 Å². The fourth-order valence-electron chi connectivity index (χ4n) is 2.75. The number of amides is 1. The second-order valence-corrected chi connectivity index (χ2v) is 6.89. The molecule has 1 amide bonds. The molecule has 122 valence electrons. The van der Waals surface area contributed by atoms with Gasteiger partial charge in [0.15, 0.2) is 0 Å². The Balaban J connectivity index is 1.90. The number of nitrogens with zero attached hydrogens (tertiary/aromatic N) is 1. The van der Waals surface area contributed by atoms with Crippen molar-refractivity contribution in [1.82, 2.24) is 4.90 Å². The molecule has 0 saturated carbocycles. The number of nitrogens with two attached hydrogens (primary N) is 1. The van der Waals surface area contributed by atoms with Gasteiger partial charge in [0.2, 0.25) is 0 Å². The van der Waals surface area contributed by atoms with E-state index in [0.29, 0.717) is 13.1 Å². The molecule has 0 radical (unpaired) electrons. The van der Waals surface area contributed by atoms with E-state index in [-0.39, 0.29) is 23.9 Å². The van der Waals surface area contributed by atoms with Crippen LogP contribution in [0.5, 0.6) is 0 Å². The number of halogens is 1. The van der Waals surface area contributed by atoms with Crippen molar-refractivity contribution in [2.45, 2.75) is 45.3 Å². The Kier molecular flexibility index (Phi) is 5.06. The first-order chi connectivity index (χ1) is 10.3. The number of likely N-dealkylation sites (tertiary alicyclic amines) is 1. The van der Waals surface area contributed by atoms with Crippen molar-refractivity contribution in [3.8, 4) is 0 Å². The summed E-state index contributed by atoms with van der Waals surface area (Å²) in [5.41, 5.74) is 6.60. The van der Waals surface area contributed by atoms with E-state index >= 15 is 0 Å². The van der Waals surface area contributed by atoms with Gasteiger partial charge in [-0.15, -0.1) is 0 Å². The van der Waals surface area contributed by atoms with Gasteiger partial charge in [-0.05, 0) is 57.2 Å². The zero-order valence-corrected chi connectivity index (χ0v) is 13.5. The Labute approximate surface area is 131 Å². The fourth-order valence-corrected chi connectivity index (χ4v) is 2.75. The molecule has 1 unspecified atom stereocenters. The van der Waals surface area contributed by atoms with E-state index in [0.717, 1.165) is 18.4 Å². The molecule has 0 bridgehead atoms. The van der Waals surface area contributed by atoms with Crippen LogP contribution >= 0.6 is 0 Å². The van der Waals surface area contributed by atoms with Crippen LogP contribution in [0, 0.1) is 11.7 Å². The average Bonchev–Trinajstić information content (AvgIpc) is 2.45. The third-order valence-corrected chi connectivity index (χ3v) is 3.93. The van der Waals surface area contributed by atoms with Gasteiger partial charge in [0.1, 0.15) is 11.4 Å². The van der Waals surface area contributed by atoms with Crippen molar-refractivity contribution in [3.63, 3.8) is 0 Å². The number of carbonyl (C=O) groups is 1. The molecule has 2 rings (SSSR count). The lowest BCUT2D eigenvalue weighted by Crippen LogP contribution is -2.43. The molecule has 0 aliphatic carbocycles. The highest BCUT2D eigenvalue weighted by atomic mass is 19.1. The highest BCUT2D eigenvalue weighted by Crippen LogP contribution is 2.29. The molecule has 22 heavy (non-hydrogen) atoms. The second-order valence-electron chi connectivity index (χ2n) is 6.89. The number of rotatable bonds is 2. The summed E-state index contributed by atoms with van der Waals surface area (Å²) in [6.45, 7) is 6.83. The highest BCUT2D eigenvalue weighted by Gasteiger charge is 2.29. The lowest BCUT2D eigenvalue weighted by atomic mass is 9.86. The Morgan fingerprint density at radius 3 is 2.55 bits per heavy atom. The minimum atomic E-state index is -0.480. The summed E-state index contributed by atoms with van der Waals surface area (Å²) in [4.78, 5) is 13.8. The third-order valence-electron chi connectivity index (χ3n) is 3.93. The molecule has 1 fully saturated rings. The molecular formula is C17H25FN2O2. The zero-order valence-electron chi connectivity index (χ0n) is 13.5. The summed E-state index contributed by atoms with van der Waals surface area (Å²) in [6.07, 6.45) is 1.33. The van der Waals surface area contributed by atoms with Gasteiger partial charge in [0, 0.05) is 19.1 Å². The minimum absolute atomic E-state index is 0.198. The first-order valence-corrected chi connectivity index (χ1v) is 7.75. The molecule has 1 atom stereocenters. The van der Waals surface area contributed by atoms with Crippen molar-refractivity contribution in [2.75, 3.05) is 13.1 Å². The lowest BCUT2D eigenvalue weighted by Gasteiger charge is -2.35. The van der Waals surface area contributed by atoms with E-state index in [1.807, 2.05) is 26.8 Å². The Morgan fingerprint density at radius 1 is 1.36 bits per heavy atom. The third kappa shape index (κ3) is 4.44. The smallest absolute Gasteiger partial charge is 0.410 e. The number of hydrogen-bond acceptors (Lipinski definition) is 3. The maximum Gasteiger partial charge on any atom is 0.410 e. The number of piperidine rings is 1. The predicted molar refractivity (Wildman–Crippen MR) is 83.9 cm³/mol. The van der Waals surface area contributed by atoms with Crippen molar-refractivity contribution >= 4 is 6.09 Å². The summed E-state index contributed by atoms with van der Waals surface area (Å²) in [7, 11) is 0. The summed E-state index contributed by atoms with van der Waals surface area (Å²) in [6, 6.07) is 6.25. The van der Waals surface area contributed by atoms with Crippen molar-refractivity contribution in [1.29, 1.82) is 0 Å². The number of carbonyl (C=O) groups excluding carboxylic acids is 1. The summed E-state index contributed by atoms with van der Waals surface area (Å²) in [5, 5.41) is 0. The van der Waals surface area contributed by atoms with Crippen LogP contribution in [0.1, 0.15) is 45.2 Å². The zero-order chi connectivity index (χ0) is 16.3. The van der Waals surface area contributed by atoms with Crippen LogP contribution in [0.25, 0.3) is 0 Å². The van der Waals surface area contributed by atoms with E-state index in [9.17, 15) is 9.18 Å². The molecule has 4 nitrogen and oxygen atoms in total. The van der Waals surface area contributed by atoms with Gasteiger partial charge >= 0.3 is 6.09 Å². The minimum Gasteiger partial charge on any atom is -0.444 e. The van der Waals surface area contributed by atoms with Crippen LogP contribution in [0.15, 0.2) is 24.3 Å². The highest BCUT2D eigenvalue weighted by molar-refractivity contribution is 5.68. The number of hydrogen-bond donors (Lipinski definition) is 1. The van der Waals surface area contributed by atoms with Gasteiger partial charge in [-0.2, -0.15) is 0 Å². The summed E-state index contributed by atoms with van der Waals surface area (Å²) < 4.78 is 18.7. The van der Waals surface area contributed by atoms with Gasteiger partial charge in [-0.25, -0.2) is 9.18 Å². The summed E-state index contributed by atoms with van der Waals surface area (Å²) >= 11 is 0. The molecule has 2 N–H and O–H groups in total. The molecule has 0 spiro atoms. The summed E-state index contributed by atoms with van der Waals surface area (Å²) in [5.74, 6) is -0.0142. The predicted octanol–water partition coefficient (Wildman–Crippen LogP) is 3.47. The van der Waals surface area contributed by atoms with Crippen LogP contribution in [0.4, 0.5) is 9.18 Å². The Hall–Kier alpha value is -1.62. The Bertz CT molecular complexity index is 520. The molecule has 1 saturated heterocycles. The largest absolute Gasteiger partial charge is 0.444 e. The first kappa shape index (κ1) is 16.7. The number of ether oxygens (including phenoxy) is 1. The molecule has 1 heterocycles. The van der Waals surface area contributed by atoms with Gasteiger partial charge in [0.05, 0.1) is 0 Å². The quantitative estimate of drug-likeness (QED) is 0.910. The van der Waals surface area contributed by atoms with Gasteiger partial charge in [-0.3, -0.25) is 0 Å². The van der Waals surface area contributed by atoms with Gasteiger partial charge in [0.25, 0.3) is 0 Å². The van der Waals surface area contributed by atoms with Gasteiger partial charge < -0.3 is 15.4 Å². The molecule has 1 aliphatic rings. The van der Waals surface area contributed by atoms with Crippen molar-refractivity contribution in [3.05, 3.63) is 35.6 Å². The van der Waals surface area contributed by atoms with E-state index in [1.54, 1.807) is 11.0 Å². The van der Waals surface area contributed by atoms with Crippen LogP contribution < -0.4 is 5.73 Å². The molecule has 1 aromatic rings. The van der Waals surface area contributed by atoms with E-state index in [1.165, 1.54) is 12.1 Å². The van der Waals surface area contributed by atoms with Gasteiger partial charge in [-0.1, -0.05) is 12.1 Å². The van der Waals surface area contributed by atoms with Crippen molar-refractivity contribution in [2.24, 2.45) is 11.7 Å². The molecule has 0 aromatic heterocycles. The van der Waals surface area contributed by atoms with Crippen LogP contribution in [0.2, 0.25) is 0 Å². The maximum absolute atomic E-state index is 13.3. The molecule has 1 aromatic carbocycles. The maximum atomic E-state index is 13.3. The SMILES string of the molecule is CC(C)(C)OC(=O)N1CCC(C(N)c2cccc(F)c2)CC1. The van der Waals surface area contributed by atoms with E-state index in [4.69, 9.17) is 10.5 Å². The van der Waals surface area contributed by atoms with Crippen LogP contribution in [0.3, 0.4) is 0 Å².